The van der Waals surface area contributed by atoms with Crippen molar-refractivity contribution in [3.63, 3.8) is 0 Å². The molecule has 166 valence electrons. The van der Waals surface area contributed by atoms with Gasteiger partial charge < -0.3 is 4.74 Å². The number of hydrogen-bond acceptors (Lipinski definition) is 4. The average Bonchev–Trinajstić information content (AvgIpc) is 2.64. The van der Waals surface area contributed by atoms with E-state index in [1.54, 1.807) is 0 Å². The number of allylic oxidation sites excluding steroid dienone is 6. The molecular weight excluding hydrogens is 376 g/mol. The van der Waals surface area contributed by atoms with Gasteiger partial charge in [-0.1, -0.05) is 69.1 Å². The Labute approximate surface area is 173 Å². The Bertz CT molecular complexity index is 479. The Hall–Kier alpha value is -0.950. The summed E-state index contributed by atoms with van der Waals surface area (Å²) in [6, 6.07) is 0. The van der Waals surface area contributed by atoms with Crippen LogP contribution in [0.5, 0.6) is 0 Å². The first kappa shape index (κ1) is 29.3. The minimum absolute atomic E-state index is 0.0727. The van der Waals surface area contributed by atoms with E-state index in [0.29, 0.717) is 6.42 Å². The van der Waals surface area contributed by atoms with Crippen LogP contribution in [0.3, 0.4) is 0 Å². The standard InChI is InChI=1S/C18H32O4S.C4H10O/c1-2-3-4-5-6-7-8-9-10-11-12-13-14-15-16-17-18-22-23(19,20)21;1-3-5-4-2/h3-4,6-7,9-10H,2,5,8,11-18H2,1H3,(H,19,20,21);3-4H2,1-2H3/b4-3-,7-6-,10-9-;. The van der Waals surface area contributed by atoms with Crippen LogP contribution in [0.2, 0.25) is 0 Å². The van der Waals surface area contributed by atoms with Crippen molar-refractivity contribution in [1.29, 1.82) is 0 Å². The van der Waals surface area contributed by atoms with E-state index in [2.05, 4.69) is 47.6 Å². The second-order valence-corrected chi connectivity index (χ2v) is 7.33. The Balaban J connectivity index is 0. The van der Waals surface area contributed by atoms with Crippen molar-refractivity contribution in [1.82, 2.24) is 0 Å². The molecule has 0 amide bonds. The third-order valence-corrected chi connectivity index (χ3v) is 4.15. The van der Waals surface area contributed by atoms with Gasteiger partial charge in [-0.05, 0) is 52.4 Å². The van der Waals surface area contributed by atoms with Gasteiger partial charge in [0.2, 0.25) is 0 Å². The summed E-state index contributed by atoms with van der Waals surface area (Å²) in [5.41, 5.74) is 0. The van der Waals surface area contributed by atoms with E-state index in [4.69, 9.17) is 9.29 Å². The van der Waals surface area contributed by atoms with Gasteiger partial charge in [0, 0.05) is 13.2 Å². The lowest BCUT2D eigenvalue weighted by Gasteiger charge is -2.01. The quantitative estimate of drug-likeness (QED) is 0.167. The van der Waals surface area contributed by atoms with Crippen LogP contribution >= 0.6 is 0 Å². The molecular formula is C22H42O5S. The topological polar surface area (TPSA) is 72.8 Å². The smallest absolute Gasteiger partial charge is 0.382 e. The molecule has 0 bridgehead atoms. The Morgan fingerprint density at radius 2 is 1.21 bits per heavy atom. The van der Waals surface area contributed by atoms with Gasteiger partial charge in [-0.25, -0.2) is 4.18 Å². The Morgan fingerprint density at radius 3 is 1.71 bits per heavy atom. The van der Waals surface area contributed by atoms with Crippen molar-refractivity contribution in [2.45, 2.75) is 85.0 Å². The summed E-state index contributed by atoms with van der Waals surface area (Å²) in [6.45, 7) is 7.88. The molecule has 0 fully saturated rings. The van der Waals surface area contributed by atoms with Crippen molar-refractivity contribution in [2.24, 2.45) is 0 Å². The van der Waals surface area contributed by atoms with Crippen LogP contribution in [0.1, 0.15) is 85.0 Å². The molecule has 0 spiro atoms. The molecule has 0 aliphatic heterocycles. The van der Waals surface area contributed by atoms with E-state index >= 15 is 0 Å². The number of unbranched alkanes of at least 4 members (excludes halogenated alkanes) is 6. The molecule has 1 N–H and O–H groups in total. The van der Waals surface area contributed by atoms with Crippen LogP contribution in [0, 0.1) is 0 Å². The van der Waals surface area contributed by atoms with Gasteiger partial charge in [0.05, 0.1) is 6.61 Å². The third-order valence-electron chi connectivity index (χ3n) is 3.69. The molecule has 0 saturated carbocycles. The Kier molecular flexibility index (Phi) is 25.2. The van der Waals surface area contributed by atoms with Crippen molar-refractivity contribution >= 4 is 10.4 Å². The summed E-state index contributed by atoms with van der Waals surface area (Å²) in [5.74, 6) is 0. The number of hydrogen-bond donors (Lipinski definition) is 1. The molecule has 5 nitrogen and oxygen atoms in total. The summed E-state index contributed by atoms with van der Waals surface area (Å²) < 4.78 is 38.1. The van der Waals surface area contributed by atoms with Crippen LogP contribution in [-0.2, 0) is 19.3 Å². The molecule has 6 heteroatoms. The molecule has 0 atom stereocenters. The first-order valence-corrected chi connectivity index (χ1v) is 12.0. The van der Waals surface area contributed by atoms with E-state index in [1.165, 1.54) is 12.8 Å². The van der Waals surface area contributed by atoms with E-state index in [0.717, 1.165) is 58.2 Å². The van der Waals surface area contributed by atoms with Gasteiger partial charge in [0.25, 0.3) is 0 Å². The minimum atomic E-state index is -4.26. The first-order chi connectivity index (χ1) is 13.5. The molecule has 0 aromatic rings. The van der Waals surface area contributed by atoms with Crippen LogP contribution in [0.25, 0.3) is 0 Å². The second-order valence-electron chi connectivity index (χ2n) is 6.24. The van der Waals surface area contributed by atoms with Crippen molar-refractivity contribution < 1.29 is 21.9 Å². The maximum absolute atomic E-state index is 10.3. The maximum Gasteiger partial charge on any atom is 0.397 e. The summed E-state index contributed by atoms with van der Waals surface area (Å²) in [6.07, 6.45) is 23.7. The van der Waals surface area contributed by atoms with Gasteiger partial charge >= 0.3 is 10.4 Å². The number of rotatable bonds is 17. The van der Waals surface area contributed by atoms with Gasteiger partial charge in [-0.2, -0.15) is 8.42 Å². The molecule has 0 saturated heterocycles. The van der Waals surface area contributed by atoms with Gasteiger partial charge in [0.1, 0.15) is 0 Å². The summed E-state index contributed by atoms with van der Waals surface area (Å²) in [4.78, 5) is 0. The lowest BCUT2D eigenvalue weighted by molar-refractivity contribution is 0.162. The van der Waals surface area contributed by atoms with E-state index in [1.807, 2.05) is 13.8 Å². The summed E-state index contributed by atoms with van der Waals surface area (Å²) in [5, 5.41) is 0. The van der Waals surface area contributed by atoms with E-state index in [-0.39, 0.29) is 6.61 Å². The fourth-order valence-electron chi connectivity index (χ4n) is 2.27. The maximum atomic E-state index is 10.3. The molecule has 0 aromatic heterocycles. The fraction of sp³-hybridized carbons (Fsp3) is 0.727. The summed E-state index contributed by atoms with van der Waals surface area (Å²) in [7, 11) is -4.26. The van der Waals surface area contributed by atoms with Gasteiger partial charge in [-0.15, -0.1) is 0 Å². The van der Waals surface area contributed by atoms with Crippen LogP contribution in [0.4, 0.5) is 0 Å². The highest BCUT2D eigenvalue weighted by Gasteiger charge is 2.02. The van der Waals surface area contributed by atoms with Crippen LogP contribution < -0.4 is 0 Å². The monoisotopic (exact) mass is 418 g/mol. The zero-order valence-electron chi connectivity index (χ0n) is 18.1. The van der Waals surface area contributed by atoms with Gasteiger partial charge in [0.15, 0.2) is 0 Å². The largest absolute Gasteiger partial charge is 0.397 e. The average molecular weight is 419 g/mol. The van der Waals surface area contributed by atoms with Crippen molar-refractivity contribution in [2.75, 3.05) is 19.8 Å². The third kappa shape index (κ3) is 32.7. The molecule has 0 unspecified atom stereocenters. The molecule has 0 aliphatic carbocycles. The van der Waals surface area contributed by atoms with E-state index in [9.17, 15) is 8.42 Å². The highest BCUT2D eigenvalue weighted by Crippen LogP contribution is 2.08. The predicted molar refractivity (Wildman–Crippen MR) is 119 cm³/mol. The van der Waals surface area contributed by atoms with Crippen molar-refractivity contribution in [3.05, 3.63) is 36.5 Å². The lowest BCUT2D eigenvalue weighted by atomic mass is 10.1. The zero-order chi connectivity index (χ0) is 21.3. The van der Waals surface area contributed by atoms with Crippen LogP contribution in [-0.4, -0.2) is 32.8 Å². The first-order valence-electron chi connectivity index (χ1n) is 10.6. The summed E-state index contributed by atoms with van der Waals surface area (Å²) >= 11 is 0. The van der Waals surface area contributed by atoms with E-state index < -0.39 is 10.4 Å². The molecule has 28 heavy (non-hydrogen) atoms. The minimum Gasteiger partial charge on any atom is -0.382 e. The number of ether oxygens (including phenoxy) is 1. The lowest BCUT2D eigenvalue weighted by Crippen LogP contribution is -2.04. The molecule has 0 heterocycles. The highest BCUT2D eigenvalue weighted by atomic mass is 32.3. The van der Waals surface area contributed by atoms with Gasteiger partial charge in [-0.3, -0.25) is 4.55 Å². The molecule has 0 radical (unpaired) electrons. The van der Waals surface area contributed by atoms with Crippen molar-refractivity contribution in [3.8, 4) is 0 Å². The SMILES string of the molecule is CC/C=C\C/C=C\C/C=C\CCCCCCCCOS(=O)(=O)O.CCOCC. The fourth-order valence-corrected chi connectivity index (χ4v) is 2.59. The normalized spacial score (nSPS) is 12.1. The Morgan fingerprint density at radius 1 is 0.714 bits per heavy atom. The molecule has 0 aromatic carbocycles. The van der Waals surface area contributed by atoms with Crippen LogP contribution in [0.15, 0.2) is 36.5 Å². The highest BCUT2D eigenvalue weighted by molar-refractivity contribution is 7.80. The zero-order valence-corrected chi connectivity index (χ0v) is 19.0. The predicted octanol–water partition coefficient (Wildman–Crippen LogP) is 6.44. The second kappa shape index (κ2) is 24.1. The molecule has 0 aliphatic rings. The molecule has 0 rings (SSSR count).